The normalized spacial score (nSPS) is 11.7. The number of esters is 1. The van der Waals surface area contributed by atoms with Crippen LogP contribution in [-0.2, 0) is 9.53 Å². The number of hydrogen-bond acceptors (Lipinski definition) is 4. The van der Waals surface area contributed by atoms with Gasteiger partial charge >= 0.3 is 5.97 Å². The number of nitrogens with one attached hydrogen (secondary N) is 1. The first-order valence-electron chi connectivity index (χ1n) is 6.38. The molecule has 0 spiro atoms. The Morgan fingerprint density at radius 3 is 2.33 bits per heavy atom. The van der Waals surface area contributed by atoms with Crippen molar-refractivity contribution in [1.82, 2.24) is 5.32 Å². The van der Waals surface area contributed by atoms with E-state index in [-0.39, 0.29) is 39.9 Å². The highest BCUT2D eigenvalue weighted by molar-refractivity contribution is 6.37. The lowest BCUT2D eigenvalue weighted by atomic mass is 10.2. The molecule has 0 radical (unpaired) electrons. The second kappa shape index (κ2) is 8.10. The van der Waals surface area contributed by atoms with E-state index >= 15 is 0 Å². The number of rotatable bonds is 6. The predicted molar refractivity (Wildman–Crippen MR) is 81.2 cm³/mol. The van der Waals surface area contributed by atoms with E-state index in [1.54, 1.807) is 0 Å². The van der Waals surface area contributed by atoms with Crippen molar-refractivity contribution in [2.24, 2.45) is 0 Å². The standard InChI is InChI=1S/C14H17Cl2NO4/c1-4-8(2)17-12(18)7-21-14(19)9-5-10(15)13(20-3)11(16)6-9/h5-6,8H,4,7H2,1-3H3,(H,17,18)/t8-/m0/s1. The highest BCUT2D eigenvalue weighted by Crippen LogP contribution is 2.33. The molecule has 0 heterocycles. The van der Waals surface area contributed by atoms with Crippen LogP contribution in [0.2, 0.25) is 10.0 Å². The maximum Gasteiger partial charge on any atom is 0.338 e. The van der Waals surface area contributed by atoms with Gasteiger partial charge in [0, 0.05) is 6.04 Å². The molecule has 0 aliphatic heterocycles. The van der Waals surface area contributed by atoms with Gasteiger partial charge in [0.2, 0.25) is 0 Å². The Balaban J connectivity index is 2.66. The van der Waals surface area contributed by atoms with Gasteiger partial charge in [-0.05, 0) is 25.5 Å². The summed E-state index contributed by atoms with van der Waals surface area (Å²) in [6.07, 6.45) is 0.795. The van der Waals surface area contributed by atoms with E-state index in [1.807, 2.05) is 13.8 Å². The molecule has 1 amide bonds. The van der Waals surface area contributed by atoms with Crippen molar-refractivity contribution >= 4 is 35.1 Å². The fourth-order valence-corrected chi connectivity index (χ4v) is 2.15. The number of benzene rings is 1. The molecule has 0 saturated carbocycles. The molecule has 7 heteroatoms. The summed E-state index contributed by atoms with van der Waals surface area (Å²) in [5.41, 5.74) is 0.155. The van der Waals surface area contributed by atoms with Gasteiger partial charge in [0.1, 0.15) is 0 Å². The number of amides is 1. The van der Waals surface area contributed by atoms with E-state index in [0.29, 0.717) is 0 Å². The second-order valence-corrected chi connectivity index (χ2v) is 5.24. The summed E-state index contributed by atoms with van der Waals surface area (Å²) in [4.78, 5) is 23.4. The summed E-state index contributed by atoms with van der Waals surface area (Å²) < 4.78 is 9.89. The average Bonchev–Trinajstić information content (AvgIpc) is 2.44. The second-order valence-electron chi connectivity index (χ2n) is 4.43. The Hall–Kier alpha value is -1.46. The fourth-order valence-electron chi connectivity index (χ4n) is 1.51. The van der Waals surface area contributed by atoms with Crippen molar-refractivity contribution < 1.29 is 19.1 Å². The quantitative estimate of drug-likeness (QED) is 0.812. The molecule has 0 unspecified atom stereocenters. The third kappa shape index (κ3) is 5.10. The highest BCUT2D eigenvalue weighted by atomic mass is 35.5. The first-order chi connectivity index (χ1) is 9.88. The van der Waals surface area contributed by atoms with Crippen LogP contribution in [0, 0.1) is 0 Å². The predicted octanol–water partition coefficient (Wildman–Crippen LogP) is 3.07. The van der Waals surface area contributed by atoms with Crippen LogP contribution in [0.5, 0.6) is 5.75 Å². The van der Waals surface area contributed by atoms with Crippen LogP contribution in [0.15, 0.2) is 12.1 Å². The molecular weight excluding hydrogens is 317 g/mol. The number of carbonyl (C=O) groups is 2. The van der Waals surface area contributed by atoms with Crippen LogP contribution in [0.4, 0.5) is 0 Å². The van der Waals surface area contributed by atoms with Crippen molar-refractivity contribution in [3.05, 3.63) is 27.7 Å². The van der Waals surface area contributed by atoms with Crippen molar-refractivity contribution in [2.45, 2.75) is 26.3 Å². The van der Waals surface area contributed by atoms with E-state index in [1.165, 1.54) is 19.2 Å². The Morgan fingerprint density at radius 1 is 1.29 bits per heavy atom. The third-order valence-corrected chi connectivity index (χ3v) is 3.35. The molecule has 116 valence electrons. The van der Waals surface area contributed by atoms with Gasteiger partial charge in [-0.2, -0.15) is 0 Å². The summed E-state index contributed by atoms with van der Waals surface area (Å²) in [5, 5.41) is 3.08. The van der Waals surface area contributed by atoms with Crippen LogP contribution in [-0.4, -0.2) is 31.6 Å². The van der Waals surface area contributed by atoms with Gasteiger partial charge < -0.3 is 14.8 Å². The monoisotopic (exact) mass is 333 g/mol. The summed E-state index contributed by atoms with van der Waals surface area (Å²) in [6.45, 7) is 3.45. The molecule has 1 rings (SSSR count). The number of ether oxygens (including phenoxy) is 2. The molecular formula is C14H17Cl2NO4. The molecule has 0 fully saturated rings. The number of halogens is 2. The number of carbonyl (C=O) groups excluding carboxylic acids is 2. The zero-order chi connectivity index (χ0) is 16.0. The van der Waals surface area contributed by atoms with Gasteiger partial charge in [-0.1, -0.05) is 30.1 Å². The van der Waals surface area contributed by atoms with Crippen molar-refractivity contribution in [2.75, 3.05) is 13.7 Å². The minimum atomic E-state index is -0.680. The molecule has 0 bridgehead atoms. The SMILES string of the molecule is CC[C@H](C)NC(=O)COC(=O)c1cc(Cl)c(OC)c(Cl)c1. The molecule has 5 nitrogen and oxygen atoms in total. The van der Waals surface area contributed by atoms with Gasteiger partial charge in [0.15, 0.2) is 12.4 Å². The molecule has 21 heavy (non-hydrogen) atoms. The first kappa shape index (κ1) is 17.6. The van der Waals surface area contributed by atoms with Crippen molar-refractivity contribution in [3.8, 4) is 5.75 Å². The molecule has 1 atom stereocenters. The van der Waals surface area contributed by atoms with Gasteiger partial charge in [0.05, 0.1) is 22.7 Å². The smallest absolute Gasteiger partial charge is 0.338 e. The van der Waals surface area contributed by atoms with Gasteiger partial charge in [-0.25, -0.2) is 4.79 Å². The van der Waals surface area contributed by atoms with Crippen LogP contribution in [0.3, 0.4) is 0 Å². The maximum atomic E-state index is 11.8. The summed E-state index contributed by atoms with van der Waals surface area (Å²) >= 11 is 11.9. The molecule has 0 aliphatic carbocycles. The topological polar surface area (TPSA) is 64.6 Å². The Bertz CT molecular complexity index is 511. The van der Waals surface area contributed by atoms with Gasteiger partial charge in [-0.15, -0.1) is 0 Å². The average molecular weight is 334 g/mol. The van der Waals surface area contributed by atoms with E-state index in [0.717, 1.165) is 6.42 Å². The van der Waals surface area contributed by atoms with Crippen LogP contribution in [0.25, 0.3) is 0 Å². The lowest BCUT2D eigenvalue weighted by Gasteiger charge is -2.12. The molecule has 1 N–H and O–H groups in total. The minimum Gasteiger partial charge on any atom is -0.494 e. The Labute approximate surface area is 133 Å². The molecule has 0 saturated heterocycles. The maximum absolute atomic E-state index is 11.8. The first-order valence-corrected chi connectivity index (χ1v) is 7.14. The highest BCUT2D eigenvalue weighted by Gasteiger charge is 2.16. The van der Waals surface area contributed by atoms with Crippen LogP contribution in [0.1, 0.15) is 30.6 Å². The summed E-state index contributed by atoms with van der Waals surface area (Å²) in [6, 6.07) is 2.78. The largest absolute Gasteiger partial charge is 0.494 e. The zero-order valence-electron chi connectivity index (χ0n) is 12.0. The molecule has 0 aromatic heterocycles. The molecule has 1 aromatic carbocycles. The van der Waals surface area contributed by atoms with Crippen LogP contribution >= 0.6 is 23.2 Å². The van der Waals surface area contributed by atoms with Gasteiger partial charge in [-0.3, -0.25) is 4.79 Å². The summed E-state index contributed by atoms with van der Waals surface area (Å²) in [7, 11) is 1.42. The van der Waals surface area contributed by atoms with Crippen LogP contribution < -0.4 is 10.1 Å². The lowest BCUT2D eigenvalue weighted by molar-refractivity contribution is -0.124. The van der Waals surface area contributed by atoms with Gasteiger partial charge in [0.25, 0.3) is 5.91 Å². The van der Waals surface area contributed by atoms with Crippen molar-refractivity contribution in [1.29, 1.82) is 0 Å². The summed E-state index contributed by atoms with van der Waals surface area (Å²) in [5.74, 6) is -0.756. The third-order valence-electron chi connectivity index (χ3n) is 2.79. The molecule has 0 aliphatic rings. The van der Waals surface area contributed by atoms with E-state index in [9.17, 15) is 9.59 Å². The minimum absolute atomic E-state index is 0.0288. The van der Waals surface area contributed by atoms with Crippen molar-refractivity contribution in [3.63, 3.8) is 0 Å². The fraction of sp³-hybridized carbons (Fsp3) is 0.429. The van der Waals surface area contributed by atoms with E-state index in [4.69, 9.17) is 32.7 Å². The zero-order valence-corrected chi connectivity index (χ0v) is 13.5. The number of methoxy groups -OCH3 is 1. The molecule has 1 aromatic rings. The number of hydrogen-bond donors (Lipinski definition) is 1. The lowest BCUT2D eigenvalue weighted by Crippen LogP contribution is -2.35. The Kier molecular flexibility index (Phi) is 6.78. The van der Waals surface area contributed by atoms with E-state index in [2.05, 4.69) is 5.32 Å². The Morgan fingerprint density at radius 2 is 1.86 bits per heavy atom. The van der Waals surface area contributed by atoms with E-state index < -0.39 is 5.97 Å².